The minimum atomic E-state index is -0.118. The third kappa shape index (κ3) is 3.95. The summed E-state index contributed by atoms with van der Waals surface area (Å²) >= 11 is 0. The lowest BCUT2D eigenvalue weighted by molar-refractivity contribution is 0.337. The Bertz CT molecular complexity index is 463. The Morgan fingerprint density at radius 3 is 2.86 bits per heavy atom. The van der Waals surface area contributed by atoms with Crippen molar-refractivity contribution < 1.29 is 4.39 Å². The summed E-state index contributed by atoms with van der Waals surface area (Å²) < 4.78 is 14.5. The van der Waals surface area contributed by atoms with E-state index in [1.807, 2.05) is 6.07 Å². The highest BCUT2D eigenvalue weighted by molar-refractivity contribution is 5.56. The highest BCUT2D eigenvalue weighted by atomic mass is 19.1. The summed E-state index contributed by atoms with van der Waals surface area (Å²) in [6.07, 6.45) is 2.71. The van der Waals surface area contributed by atoms with Crippen LogP contribution in [-0.2, 0) is 6.42 Å². The molecule has 1 aliphatic rings. The molecule has 1 aliphatic heterocycles. The number of anilines is 1. The Kier molecular flexibility index (Phi) is 5.59. The maximum atomic E-state index is 14.5. The fraction of sp³-hybridized carbons (Fsp3) is 0.647. The number of nitrogens with zero attached hydrogens (tertiary/aromatic N) is 2. The molecule has 0 bridgehead atoms. The zero-order valence-corrected chi connectivity index (χ0v) is 13.5. The molecule has 0 saturated carbocycles. The van der Waals surface area contributed by atoms with Gasteiger partial charge in [0.25, 0.3) is 0 Å². The molecule has 3 nitrogen and oxygen atoms in total. The van der Waals surface area contributed by atoms with Crippen LogP contribution in [0.4, 0.5) is 10.1 Å². The van der Waals surface area contributed by atoms with Crippen molar-refractivity contribution in [2.75, 3.05) is 31.6 Å². The monoisotopic (exact) mass is 293 g/mol. The molecular formula is C17H28FN3. The summed E-state index contributed by atoms with van der Waals surface area (Å²) in [5.41, 5.74) is 7.90. The van der Waals surface area contributed by atoms with Gasteiger partial charge in [-0.05, 0) is 51.4 Å². The average Bonchev–Trinajstić information content (AvgIpc) is 2.60. The molecule has 21 heavy (non-hydrogen) atoms. The summed E-state index contributed by atoms with van der Waals surface area (Å²) in [6.45, 7) is 7.19. The molecule has 4 heteroatoms. The van der Waals surface area contributed by atoms with E-state index >= 15 is 0 Å². The molecule has 0 aliphatic carbocycles. The minimum absolute atomic E-state index is 0.0931. The van der Waals surface area contributed by atoms with Gasteiger partial charge >= 0.3 is 0 Å². The lowest BCUT2D eigenvalue weighted by Gasteiger charge is -2.32. The fourth-order valence-electron chi connectivity index (χ4n) is 3.18. The first-order valence-electron chi connectivity index (χ1n) is 8.01. The first-order valence-corrected chi connectivity index (χ1v) is 8.01. The smallest absolute Gasteiger partial charge is 0.146 e. The molecule has 0 spiro atoms. The molecule has 2 unspecified atom stereocenters. The second-order valence-electron chi connectivity index (χ2n) is 6.28. The summed E-state index contributed by atoms with van der Waals surface area (Å²) in [5, 5.41) is 0. The molecule has 1 aromatic carbocycles. The largest absolute Gasteiger partial charge is 0.365 e. The Hall–Kier alpha value is -1.13. The molecule has 1 fully saturated rings. The molecule has 1 heterocycles. The molecule has 0 radical (unpaired) electrons. The fourth-order valence-corrected chi connectivity index (χ4v) is 3.18. The van der Waals surface area contributed by atoms with Crippen molar-refractivity contribution in [2.24, 2.45) is 5.73 Å². The van der Waals surface area contributed by atoms with E-state index in [1.54, 1.807) is 12.1 Å². The highest BCUT2D eigenvalue weighted by Gasteiger charge is 2.24. The molecule has 1 saturated heterocycles. The van der Waals surface area contributed by atoms with Crippen molar-refractivity contribution in [3.05, 3.63) is 29.6 Å². The van der Waals surface area contributed by atoms with E-state index in [0.29, 0.717) is 6.04 Å². The van der Waals surface area contributed by atoms with E-state index in [2.05, 4.69) is 30.7 Å². The van der Waals surface area contributed by atoms with Crippen molar-refractivity contribution in [3.63, 3.8) is 0 Å². The van der Waals surface area contributed by atoms with Crippen LogP contribution >= 0.6 is 0 Å². The topological polar surface area (TPSA) is 32.5 Å². The summed E-state index contributed by atoms with van der Waals surface area (Å²) in [7, 11) is 2.13. The number of halogens is 1. The number of likely N-dealkylation sites (N-methyl/N-ethyl adjacent to an activating group) is 1. The lowest BCUT2D eigenvalue weighted by Crippen LogP contribution is -2.39. The summed E-state index contributed by atoms with van der Waals surface area (Å²) in [5.74, 6) is -0.118. The van der Waals surface area contributed by atoms with E-state index in [1.165, 1.54) is 0 Å². The third-order valence-electron chi connectivity index (χ3n) is 4.41. The van der Waals surface area contributed by atoms with Crippen LogP contribution in [0.1, 0.15) is 32.3 Å². The van der Waals surface area contributed by atoms with Gasteiger partial charge in [0.1, 0.15) is 5.82 Å². The van der Waals surface area contributed by atoms with Gasteiger partial charge in [0.05, 0.1) is 5.69 Å². The van der Waals surface area contributed by atoms with Gasteiger partial charge < -0.3 is 15.5 Å². The number of para-hydroxylation sites is 1. The van der Waals surface area contributed by atoms with Crippen LogP contribution in [0, 0.1) is 5.82 Å². The van der Waals surface area contributed by atoms with Gasteiger partial charge in [0, 0.05) is 25.2 Å². The van der Waals surface area contributed by atoms with Gasteiger partial charge in [-0.15, -0.1) is 0 Å². The predicted octanol–water partition coefficient (Wildman–Crippen LogP) is 2.64. The maximum Gasteiger partial charge on any atom is 0.146 e. The van der Waals surface area contributed by atoms with Crippen LogP contribution in [0.15, 0.2) is 18.2 Å². The van der Waals surface area contributed by atoms with E-state index < -0.39 is 0 Å². The average molecular weight is 293 g/mol. The molecule has 2 N–H and O–H groups in total. The van der Waals surface area contributed by atoms with Gasteiger partial charge in [-0.25, -0.2) is 4.39 Å². The van der Waals surface area contributed by atoms with E-state index in [4.69, 9.17) is 5.73 Å². The Morgan fingerprint density at radius 1 is 1.38 bits per heavy atom. The number of hydrogen-bond acceptors (Lipinski definition) is 3. The van der Waals surface area contributed by atoms with Crippen molar-refractivity contribution >= 4 is 5.69 Å². The number of nitrogens with two attached hydrogens (primary N) is 1. The Morgan fingerprint density at radius 2 is 2.14 bits per heavy atom. The molecule has 0 amide bonds. The van der Waals surface area contributed by atoms with Crippen LogP contribution in [0.5, 0.6) is 0 Å². The van der Waals surface area contributed by atoms with Gasteiger partial charge in [-0.1, -0.05) is 19.1 Å². The maximum absolute atomic E-state index is 14.5. The van der Waals surface area contributed by atoms with Gasteiger partial charge in [-0.2, -0.15) is 0 Å². The first-order chi connectivity index (χ1) is 10.0. The van der Waals surface area contributed by atoms with Gasteiger partial charge in [0.15, 0.2) is 0 Å². The van der Waals surface area contributed by atoms with E-state index in [-0.39, 0.29) is 11.9 Å². The van der Waals surface area contributed by atoms with E-state index in [9.17, 15) is 4.39 Å². The van der Waals surface area contributed by atoms with Crippen LogP contribution < -0.4 is 10.6 Å². The SMILES string of the molecule is CCC(N)Cc1cccc(F)c1N1CCCN(C)CC1C. The molecule has 118 valence electrons. The summed E-state index contributed by atoms with van der Waals surface area (Å²) in [6, 6.07) is 5.79. The van der Waals surface area contributed by atoms with Crippen LogP contribution in [0.3, 0.4) is 0 Å². The summed E-state index contributed by atoms with van der Waals surface area (Å²) in [4.78, 5) is 4.56. The zero-order valence-electron chi connectivity index (χ0n) is 13.5. The second kappa shape index (κ2) is 7.23. The van der Waals surface area contributed by atoms with Crippen LogP contribution in [-0.4, -0.2) is 43.7 Å². The van der Waals surface area contributed by atoms with Crippen molar-refractivity contribution in [2.45, 2.75) is 45.2 Å². The third-order valence-corrected chi connectivity index (χ3v) is 4.41. The molecule has 0 aromatic heterocycles. The van der Waals surface area contributed by atoms with E-state index in [0.717, 1.165) is 50.1 Å². The van der Waals surface area contributed by atoms with Crippen LogP contribution in [0.25, 0.3) is 0 Å². The molecular weight excluding hydrogens is 265 g/mol. The number of rotatable bonds is 4. The highest BCUT2D eigenvalue weighted by Crippen LogP contribution is 2.29. The molecule has 2 rings (SSSR count). The minimum Gasteiger partial charge on any atom is -0.365 e. The molecule has 1 aromatic rings. The quantitative estimate of drug-likeness (QED) is 0.926. The Labute approximate surface area is 127 Å². The predicted molar refractivity (Wildman–Crippen MR) is 87.3 cm³/mol. The van der Waals surface area contributed by atoms with Crippen LogP contribution in [0.2, 0.25) is 0 Å². The Balaban J connectivity index is 2.32. The lowest BCUT2D eigenvalue weighted by atomic mass is 10.0. The van der Waals surface area contributed by atoms with Crippen molar-refractivity contribution in [1.82, 2.24) is 4.90 Å². The second-order valence-corrected chi connectivity index (χ2v) is 6.28. The van der Waals surface area contributed by atoms with Gasteiger partial charge in [0.2, 0.25) is 0 Å². The van der Waals surface area contributed by atoms with Crippen molar-refractivity contribution in [3.8, 4) is 0 Å². The normalized spacial score (nSPS) is 22.1. The number of benzene rings is 1. The zero-order chi connectivity index (χ0) is 15.4. The number of hydrogen-bond donors (Lipinski definition) is 1. The standard InChI is InChI=1S/C17H28FN3/c1-4-15(19)11-14-7-5-8-16(18)17(14)21-10-6-9-20(3)12-13(21)2/h5,7-8,13,15H,4,6,9-12,19H2,1-3H3. The van der Waals surface area contributed by atoms with Crippen molar-refractivity contribution in [1.29, 1.82) is 0 Å². The molecule has 2 atom stereocenters. The first kappa shape index (κ1) is 16.2. The van der Waals surface area contributed by atoms with Gasteiger partial charge in [-0.3, -0.25) is 0 Å².